The molecule has 0 saturated carbocycles. The lowest BCUT2D eigenvalue weighted by atomic mass is 10.00. The van der Waals surface area contributed by atoms with Crippen molar-refractivity contribution in [3.05, 3.63) is 82.7 Å². The Bertz CT molecular complexity index is 1020. The summed E-state index contributed by atoms with van der Waals surface area (Å²) in [5.74, 6) is 5.95. The second-order valence-electron chi connectivity index (χ2n) is 8.55. The van der Waals surface area contributed by atoms with Gasteiger partial charge in [-0.1, -0.05) is 101 Å². The van der Waals surface area contributed by atoms with E-state index in [4.69, 9.17) is 0 Å². The zero-order valence-electron chi connectivity index (χ0n) is 19.1. The SMILES string of the molecule is CCCCCCCc1ccc2c(F)c(C#Cc3ccc(CCCCC)cc3)ccc2c1. The highest BCUT2D eigenvalue weighted by molar-refractivity contribution is 5.85. The molecule has 0 bridgehead atoms. The lowest BCUT2D eigenvalue weighted by Crippen LogP contribution is -1.90. The van der Waals surface area contributed by atoms with Gasteiger partial charge >= 0.3 is 0 Å². The summed E-state index contributed by atoms with van der Waals surface area (Å²) in [6.07, 6.45) is 12.3. The summed E-state index contributed by atoms with van der Waals surface area (Å²) in [7, 11) is 0. The third kappa shape index (κ3) is 6.96. The molecule has 0 radical (unpaired) electrons. The van der Waals surface area contributed by atoms with Crippen molar-refractivity contribution in [2.24, 2.45) is 0 Å². The Labute approximate surface area is 187 Å². The van der Waals surface area contributed by atoms with Crippen LogP contribution in [-0.2, 0) is 12.8 Å². The van der Waals surface area contributed by atoms with Crippen LogP contribution >= 0.6 is 0 Å². The molecule has 0 amide bonds. The van der Waals surface area contributed by atoms with Gasteiger partial charge in [0.1, 0.15) is 5.82 Å². The summed E-state index contributed by atoms with van der Waals surface area (Å²) < 4.78 is 15.0. The monoisotopic (exact) mass is 414 g/mol. The van der Waals surface area contributed by atoms with Crippen molar-refractivity contribution in [2.75, 3.05) is 0 Å². The second-order valence-corrected chi connectivity index (χ2v) is 8.55. The molecule has 162 valence electrons. The number of benzene rings is 3. The van der Waals surface area contributed by atoms with Gasteiger partial charge in [-0.15, -0.1) is 0 Å². The maximum Gasteiger partial charge on any atom is 0.146 e. The number of unbranched alkanes of at least 4 members (excludes halogenated alkanes) is 6. The van der Waals surface area contributed by atoms with Gasteiger partial charge < -0.3 is 0 Å². The van der Waals surface area contributed by atoms with Crippen LogP contribution < -0.4 is 0 Å². The van der Waals surface area contributed by atoms with Gasteiger partial charge in [-0.25, -0.2) is 4.39 Å². The molecule has 0 N–H and O–H groups in total. The molecule has 0 nitrogen and oxygen atoms in total. The standard InChI is InChI=1S/C30H35F/c1-3-5-7-8-10-12-26-18-22-29-28(23-26)21-20-27(30(29)31)19-17-25-15-13-24(14-16-25)11-9-6-4-2/h13-16,18,20-23H,3-12H2,1-2H3. The van der Waals surface area contributed by atoms with Crippen molar-refractivity contribution in [2.45, 2.75) is 78.1 Å². The number of rotatable bonds is 10. The smallest absolute Gasteiger partial charge is 0.146 e. The predicted octanol–water partition coefficient (Wildman–Crippen LogP) is 8.62. The van der Waals surface area contributed by atoms with E-state index in [1.807, 2.05) is 30.3 Å². The van der Waals surface area contributed by atoms with Gasteiger partial charge in [-0.3, -0.25) is 0 Å². The molecular weight excluding hydrogens is 379 g/mol. The second kappa shape index (κ2) is 12.3. The van der Waals surface area contributed by atoms with E-state index in [1.54, 1.807) is 0 Å². The highest BCUT2D eigenvalue weighted by atomic mass is 19.1. The summed E-state index contributed by atoms with van der Waals surface area (Å²) in [4.78, 5) is 0. The quantitative estimate of drug-likeness (QED) is 0.230. The van der Waals surface area contributed by atoms with Crippen LogP contribution in [0.4, 0.5) is 4.39 Å². The molecule has 0 spiro atoms. The van der Waals surface area contributed by atoms with Gasteiger partial charge in [0, 0.05) is 10.9 Å². The minimum Gasteiger partial charge on any atom is -0.205 e. The average Bonchev–Trinajstić information content (AvgIpc) is 2.79. The first-order valence-corrected chi connectivity index (χ1v) is 12.0. The first kappa shape index (κ1) is 23.1. The molecule has 3 aromatic carbocycles. The fourth-order valence-electron chi connectivity index (χ4n) is 4.00. The summed E-state index contributed by atoms with van der Waals surface area (Å²) in [5, 5.41) is 1.62. The van der Waals surface area contributed by atoms with Crippen LogP contribution in [0.1, 0.15) is 87.5 Å². The Kier molecular flexibility index (Phi) is 9.16. The van der Waals surface area contributed by atoms with Crippen LogP contribution in [0.5, 0.6) is 0 Å². The summed E-state index contributed by atoms with van der Waals surface area (Å²) in [6, 6.07) is 18.3. The van der Waals surface area contributed by atoms with E-state index in [0.717, 1.165) is 23.8 Å². The molecule has 0 aromatic heterocycles. The van der Waals surface area contributed by atoms with Crippen molar-refractivity contribution in [3.8, 4) is 11.8 Å². The fraction of sp³-hybridized carbons (Fsp3) is 0.400. The lowest BCUT2D eigenvalue weighted by Gasteiger charge is -2.06. The molecule has 0 aliphatic rings. The van der Waals surface area contributed by atoms with Crippen molar-refractivity contribution in [1.29, 1.82) is 0 Å². The average molecular weight is 415 g/mol. The zero-order valence-corrected chi connectivity index (χ0v) is 19.1. The Hall–Kier alpha value is -2.59. The van der Waals surface area contributed by atoms with E-state index in [-0.39, 0.29) is 5.82 Å². The van der Waals surface area contributed by atoms with Crippen LogP contribution in [0.2, 0.25) is 0 Å². The number of fused-ring (bicyclic) bond motifs is 1. The summed E-state index contributed by atoms with van der Waals surface area (Å²) in [6.45, 7) is 4.46. The molecule has 0 unspecified atom stereocenters. The molecule has 0 aliphatic carbocycles. The van der Waals surface area contributed by atoms with Crippen molar-refractivity contribution < 1.29 is 4.39 Å². The first-order valence-electron chi connectivity index (χ1n) is 12.0. The van der Waals surface area contributed by atoms with Gasteiger partial charge in [-0.2, -0.15) is 0 Å². The van der Waals surface area contributed by atoms with Crippen LogP contribution in [0, 0.1) is 17.7 Å². The van der Waals surface area contributed by atoms with Crippen LogP contribution in [0.15, 0.2) is 54.6 Å². The third-order valence-corrected chi connectivity index (χ3v) is 5.95. The minimum atomic E-state index is -0.212. The van der Waals surface area contributed by atoms with Gasteiger partial charge in [0.05, 0.1) is 5.56 Å². The summed E-state index contributed by atoms with van der Waals surface area (Å²) >= 11 is 0. The predicted molar refractivity (Wildman–Crippen MR) is 132 cm³/mol. The molecule has 0 heterocycles. The van der Waals surface area contributed by atoms with Crippen molar-refractivity contribution >= 4 is 10.8 Å². The summed E-state index contributed by atoms with van der Waals surface area (Å²) in [5.41, 5.74) is 4.03. The van der Waals surface area contributed by atoms with Gasteiger partial charge in [-0.05, 0) is 60.4 Å². The van der Waals surface area contributed by atoms with E-state index >= 15 is 4.39 Å². The highest BCUT2D eigenvalue weighted by Gasteiger charge is 2.06. The Morgan fingerprint density at radius 3 is 2.06 bits per heavy atom. The molecule has 0 saturated heterocycles. The first-order chi connectivity index (χ1) is 15.2. The molecule has 3 rings (SSSR count). The third-order valence-electron chi connectivity index (χ3n) is 5.95. The maximum absolute atomic E-state index is 15.0. The number of hydrogen-bond donors (Lipinski definition) is 0. The topological polar surface area (TPSA) is 0 Å². The van der Waals surface area contributed by atoms with E-state index in [2.05, 4.69) is 50.0 Å². The normalized spacial score (nSPS) is 10.8. The van der Waals surface area contributed by atoms with Gasteiger partial charge in [0.25, 0.3) is 0 Å². The molecule has 31 heavy (non-hydrogen) atoms. The Morgan fingerprint density at radius 2 is 1.29 bits per heavy atom. The van der Waals surface area contributed by atoms with E-state index in [9.17, 15) is 0 Å². The van der Waals surface area contributed by atoms with Crippen LogP contribution in [-0.4, -0.2) is 0 Å². The van der Waals surface area contributed by atoms with Crippen LogP contribution in [0.3, 0.4) is 0 Å². The van der Waals surface area contributed by atoms with E-state index in [0.29, 0.717) is 10.9 Å². The molecule has 0 atom stereocenters. The van der Waals surface area contributed by atoms with E-state index in [1.165, 1.54) is 62.5 Å². The largest absolute Gasteiger partial charge is 0.205 e. The molecule has 0 fully saturated rings. The Morgan fingerprint density at radius 1 is 0.645 bits per heavy atom. The Balaban J connectivity index is 1.67. The minimum absolute atomic E-state index is 0.212. The fourth-order valence-corrected chi connectivity index (χ4v) is 4.00. The number of hydrogen-bond acceptors (Lipinski definition) is 0. The maximum atomic E-state index is 15.0. The van der Waals surface area contributed by atoms with Gasteiger partial charge in [0.15, 0.2) is 0 Å². The highest BCUT2D eigenvalue weighted by Crippen LogP contribution is 2.23. The van der Waals surface area contributed by atoms with Crippen molar-refractivity contribution in [3.63, 3.8) is 0 Å². The zero-order chi connectivity index (χ0) is 21.9. The molecular formula is C30H35F. The van der Waals surface area contributed by atoms with Gasteiger partial charge in [0.2, 0.25) is 0 Å². The molecule has 0 aliphatic heterocycles. The lowest BCUT2D eigenvalue weighted by molar-refractivity contribution is 0.631. The number of halogens is 1. The van der Waals surface area contributed by atoms with E-state index < -0.39 is 0 Å². The van der Waals surface area contributed by atoms with Crippen molar-refractivity contribution in [1.82, 2.24) is 0 Å². The number of aryl methyl sites for hydroxylation is 2. The van der Waals surface area contributed by atoms with Crippen LogP contribution in [0.25, 0.3) is 10.8 Å². The molecule has 1 heteroatoms. The molecule has 3 aromatic rings.